The smallest absolute Gasteiger partial charge is 0.243 e. The van der Waals surface area contributed by atoms with Gasteiger partial charge in [0, 0.05) is 32.5 Å². The molecule has 0 heterocycles. The quantitative estimate of drug-likeness (QED) is 0.267. The Bertz CT molecular complexity index is 1440. The summed E-state index contributed by atoms with van der Waals surface area (Å²) in [6, 6.07) is 21.9. The van der Waals surface area contributed by atoms with Gasteiger partial charge in [0.2, 0.25) is 21.8 Å². The number of amides is 2. The molecule has 0 fully saturated rings. The van der Waals surface area contributed by atoms with Crippen LogP contribution in [-0.4, -0.2) is 57.6 Å². The van der Waals surface area contributed by atoms with Crippen LogP contribution >= 0.6 is 0 Å². The minimum absolute atomic E-state index is 0.0766. The van der Waals surface area contributed by atoms with Crippen molar-refractivity contribution in [2.24, 2.45) is 0 Å². The van der Waals surface area contributed by atoms with Gasteiger partial charge in [-0.25, -0.2) is 8.42 Å². The highest BCUT2D eigenvalue weighted by atomic mass is 32.2. The van der Waals surface area contributed by atoms with E-state index in [9.17, 15) is 18.0 Å². The molecular formula is C33H43N3O5S. The molecule has 0 saturated carbocycles. The summed E-state index contributed by atoms with van der Waals surface area (Å²) in [6.45, 7) is 6.68. The van der Waals surface area contributed by atoms with E-state index in [4.69, 9.17) is 4.74 Å². The number of anilines is 1. The van der Waals surface area contributed by atoms with Gasteiger partial charge in [-0.2, -0.15) is 0 Å². The van der Waals surface area contributed by atoms with Gasteiger partial charge >= 0.3 is 0 Å². The van der Waals surface area contributed by atoms with Gasteiger partial charge in [0.25, 0.3) is 0 Å². The van der Waals surface area contributed by atoms with Crippen molar-refractivity contribution in [3.05, 3.63) is 95.1 Å². The Morgan fingerprint density at radius 3 is 2.31 bits per heavy atom. The number of aryl methyl sites for hydroxylation is 1. The van der Waals surface area contributed by atoms with E-state index in [1.807, 2.05) is 87.5 Å². The molecule has 2 amide bonds. The molecule has 0 saturated heterocycles. The normalized spacial score (nSPS) is 11.9. The molecule has 0 aliphatic heterocycles. The third-order valence-electron chi connectivity index (χ3n) is 7.30. The molecular weight excluding hydrogens is 550 g/mol. The van der Waals surface area contributed by atoms with E-state index in [0.29, 0.717) is 30.8 Å². The topological polar surface area (TPSA) is 96.0 Å². The van der Waals surface area contributed by atoms with Crippen LogP contribution in [0.15, 0.2) is 72.8 Å². The molecule has 0 radical (unpaired) electrons. The van der Waals surface area contributed by atoms with E-state index in [1.54, 1.807) is 18.1 Å². The summed E-state index contributed by atoms with van der Waals surface area (Å²) >= 11 is 0. The zero-order valence-corrected chi connectivity index (χ0v) is 26.1. The van der Waals surface area contributed by atoms with E-state index < -0.39 is 16.1 Å². The van der Waals surface area contributed by atoms with Crippen LogP contribution in [0.1, 0.15) is 48.4 Å². The number of methoxy groups -OCH3 is 1. The predicted octanol–water partition coefficient (Wildman–Crippen LogP) is 5.02. The summed E-state index contributed by atoms with van der Waals surface area (Å²) in [5, 5.41) is 2.98. The number of nitrogens with one attached hydrogen (secondary N) is 1. The van der Waals surface area contributed by atoms with Crippen LogP contribution in [0.3, 0.4) is 0 Å². The molecule has 1 atom stereocenters. The van der Waals surface area contributed by atoms with Crippen LogP contribution in [0.25, 0.3) is 0 Å². The zero-order valence-electron chi connectivity index (χ0n) is 25.3. The molecule has 0 spiro atoms. The molecule has 3 aromatic carbocycles. The molecule has 8 nitrogen and oxygen atoms in total. The Morgan fingerprint density at radius 2 is 1.64 bits per heavy atom. The zero-order chi connectivity index (χ0) is 30.7. The monoisotopic (exact) mass is 593 g/mol. The van der Waals surface area contributed by atoms with Crippen molar-refractivity contribution in [3.8, 4) is 5.75 Å². The van der Waals surface area contributed by atoms with Gasteiger partial charge in [-0.05, 0) is 67.1 Å². The fourth-order valence-corrected chi connectivity index (χ4v) is 5.89. The highest BCUT2D eigenvalue weighted by molar-refractivity contribution is 7.92. The lowest BCUT2D eigenvalue weighted by atomic mass is 10.0. The number of carbonyl (C=O) groups is 2. The standard InChI is InChI=1S/C33H43N3O5S/c1-6-20-34-33(38)31(23-27-14-8-7-9-15-27)35(24-28-16-11-17-29(22-28)41-4)32(37)19-12-21-36(42(5,39)40)30-18-10-13-25(2)26(30)3/h7-11,13-18,22,31H,6,12,19-21,23-24H2,1-5H3,(H,34,38)/t31-/m0/s1. The van der Waals surface area contributed by atoms with Gasteiger partial charge in [0.1, 0.15) is 11.8 Å². The van der Waals surface area contributed by atoms with Crippen LogP contribution in [0, 0.1) is 13.8 Å². The number of ether oxygens (including phenoxy) is 1. The molecule has 0 unspecified atom stereocenters. The Hall–Kier alpha value is -3.85. The van der Waals surface area contributed by atoms with E-state index >= 15 is 0 Å². The molecule has 3 aromatic rings. The van der Waals surface area contributed by atoms with E-state index in [2.05, 4.69) is 5.32 Å². The third kappa shape index (κ3) is 9.08. The van der Waals surface area contributed by atoms with Crippen molar-refractivity contribution < 1.29 is 22.7 Å². The maximum Gasteiger partial charge on any atom is 0.243 e. The molecule has 9 heteroatoms. The van der Waals surface area contributed by atoms with Gasteiger partial charge in [0.05, 0.1) is 19.1 Å². The third-order valence-corrected chi connectivity index (χ3v) is 8.48. The Morgan fingerprint density at radius 1 is 0.952 bits per heavy atom. The first kappa shape index (κ1) is 32.7. The number of carbonyl (C=O) groups excluding carboxylic acids is 2. The summed E-state index contributed by atoms with van der Waals surface area (Å²) in [5.74, 6) is 0.220. The van der Waals surface area contributed by atoms with Gasteiger partial charge < -0.3 is 15.0 Å². The van der Waals surface area contributed by atoms with Gasteiger partial charge in [-0.3, -0.25) is 13.9 Å². The van der Waals surface area contributed by atoms with E-state index in [0.717, 1.165) is 28.7 Å². The largest absolute Gasteiger partial charge is 0.497 e. The maximum absolute atomic E-state index is 13.9. The van der Waals surface area contributed by atoms with Crippen molar-refractivity contribution in [2.45, 2.75) is 59.0 Å². The number of hydrogen-bond donors (Lipinski definition) is 1. The maximum atomic E-state index is 13.9. The fraction of sp³-hybridized carbons (Fsp3) is 0.394. The molecule has 0 bridgehead atoms. The van der Waals surface area contributed by atoms with Crippen molar-refractivity contribution in [1.29, 1.82) is 0 Å². The molecule has 3 rings (SSSR count). The van der Waals surface area contributed by atoms with Crippen LogP contribution < -0.4 is 14.4 Å². The van der Waals surface area contributed by atoms with E-state index in [1.165, 1.54) is 10.6 Å². The summed E-state index contributed by atoms with van der Waals surface area (Å²) in [7, 11) is -2.00. The SMILES string of the molecule is CCCNC(=O)[C@H](Cc1ccccc1)N(Cc1cccc(OC)c1)C(=O)CCCN(c1cccc(C)c1C)S(C)(=O)=O. The predicted molar refractivity (Wildman–Crippen MR) is 168 cm³/mol. The van der Waals surface area contributed by atoms with Gasteiger partial charge in [-0.1, -0.05) is 61.5 Å². The first-order valence-corrected chi connectivity index (χ1v) is 16.2. The van der Waals surface area contributed by atoms with Gasteiger partial charge in [0.15, 0.2) is 0 Å². The first-order chi connectivity index (χ1) is 20.0. The van der Waals surface area contributed by atoms with E-state index in [-0.39, 0.29) is 31.3 Å². The van der Waals surface area contributed by atoms with Crippen molar-refractivity contribution in [1.82, 2.24) is 10.2 Å². The lowest BCUT2D eigenvalue weighted by Crippen LogP contribution is -2.50. The highest BCUT2D eigenvalue weighted by Gasteiger charge is 2.30. The van der Waals surface area contributed by atoms with Crippen LogP contribution in [0.2, 0.25) is 0 Å². The minimum Gasteiger partial charge on any atom is -0.497 e. The number of benzene rings is 3. The molecule has 1 N–H and O–H groups in total. The summed E-state index contributed by atoms with van der Waals surface area (Å²) in [6.07, 6.45) is 2.67. The molecule has 0 aliphatic rings. The van der Waals surface area contributed by atoms with Crippen LogP contribution in [0.5, 0.6) is 5.75 Å². The number of sulfonamides is 1. The Kier molecular flexibility index (Phi) is 12.0. The second kappa shape index (κ2) is 15.4. The fourth-order valence-electron chi connectivity index (χ4n) is 4.88. The number of hydrogen-bond acceptors (Lipinski definition) is 5. The molecule has 0 aliphatic carbocycles. The van der Waals surface area contributed by atoms with Crippen LogP contribution in [-0.2, 0) is 32.6 Å². The van der Waals surface area contributed by atoms with Crippen molar-refractivity contribution >= 4 is 27.5 Å². The van der Waals surface area contributed by atoms with Crippen molar-refractivity contribution in [2.75, 3.05) is 30.8 Å². The second-order valence-corrected chi connectivity index (χ2v) is 12.4. The van der Waals surface area contributed by atoms with Crippen molar-refractivity contribution in [3.63, 3.8) is 0 Å². The summed E-state index contributed by atoms with van der Waals surface area (Å²) in [5.41, 5.74) is 4.25. The van der Waals surface area contributed by atoms with Crippen LogP contribution in [0.4, 0.5) is 5.69 Å². The first-order valence-electron chi connectivity index (χ1n) is 14.3. The molecule has 0 aromatic heterocycles. The number of nitrogens with zero attached hydrogens (tertiary/aromatic N) is 2. The lowest BCUT2D eigenvalue weighted by molar-refractivity contribution is -0.141. The average Bonchev–Trinajstić information content (AvgIpc) is 2.97. The Labute approximate surface area is 250 Å². The molecule has 42 heavy (non-hydrogen) atoms. The number of rotatable bonds is 15. The minimum atomic E-state index is -3.58. The second-order valence-electron chi connectivity index (χ2n) is 10.5. The molecule has 226 valence electrons. The van der Waals surface area contributed by atoms with Gasteiger partial charge in [-0.15, -0.1) is 0 Å². The summed E-state index contributed by atoms with van der Waals surface area (Å²) < 4.78 is 32.3. The lowest BCUT2D eigenvalue weighted by Gasteiger charge is -2.32. The summed E-state index contributed by atoms with van der Waals surface area (Å²) in [4.78, 5) is 29.1. The average molecular weight is 594 g/mol. The Balaban J connectivity index is 1.91. The highest BCUT2D eigenvalue weighted by Crippen LogP contribution is 2.26.